The Morgan fingerprint density at radius 1 is 1.19 bits per heavy atom. The molecule has 0 aliphatic carbocycles. The number of aromatic nitrogens is 4. The molecule has 4 aromatic rings. The first kappa shape index (κ1) is 17.7. The van der Waals surface area contributed by atoms with E-state index in [9.17, 15) is 4.79 Å². The molecule has 0 saturated heterocycles. The molecular formula is C19H15Cl2N5O. The Kier molecular flexibility index (Phi) is 4.70. The van der Waals surface area contributed by atoms with Crippen LogP contribution in [0.2, 0.25) is 10.2 Å². The summed E-state index contributed by atoms with van der Waals surface area (Å²) in [5, 5.41) is 8.13. The lowest BCUT2D eigenvalue weighted by molar-refractivity contribution is 0.570. The maximum Gasteiger partial charge on any atom is 0.261 e. The lowest BCUT2D eigenvalue weighted by atomic mass is 10.1. The first-order valence-corrected chi connectivity index (χ1v) is 8.99. The molecule has 3 N–H and O–H groups in total. The van der Waals surface area contributed by atoms with Gasteiger partial charge in [0, 0.05) is 17.1 Å². The van der Waals surface area contributed by atoms with Gasteiger partial charge in [-0.3, -0.25) is 14.5 Å². The van der Waals surface area contributed by atoms with E-state index in [0.29, 0.717) is 21.1 Å². The van der Waals surface area contributed by atoms with Crippen LogP contribution in [0.25, 0.3) is 22.0 Å². The maximum atomic E-state index is 13.0. The molecule has 27 heavy (non-hydrogen) atoms. The third-order valence-electron chi connectivity index (χ3n) is 4.48. The Hall–Kier alpha value is -2.67. The minimum Gasteiger partial charge on any atom is -0.328 e. The Morgan fingerprint density at radius 2 is 2.04 bits per heavy atom. The van der Waals surface area contributed by atoms with Crippen molar-refractivity contribution in [3.8, 4) is 11.1 Å². The SMILES string of the molecule is NCC(c1cccc(Cl)c1)n1cnc2cc(-c3cn[nH]c3Cl)ccc2c1=O. The van der Waals surface area contributed by atoms with Crippen LogP contribution in [-0.2, 0) is 0 Å². The molecule has 0 aliphatic heterocycles. The van der Waals surface area contributed by atoms with Crippen LogP contribution in [-0.4, -0.2) is 26.3 Å². The van der Waals surface area contributed by atoms with Gasteiger partial charge in [0.2, 0.25) is 0 Å². The highest BCUT2D eigenvalue weighted by atomic mass is 35.5. The van der Waals surface area contributed by atoms with Crippen LogP contribution in [0.3, 0.4) is 0 Å². The first-order chi connectivity index (χ1) is 13.1. The van der Waals surface area contributed by atoms with Gasteiger partial charge in [-0.15, -0.1) is 0 Å². The van der Waals surface area contributed by atoms with E-state index in [2.05, 4.69) is 15.2 Å². The topological polar surface area (TPSA) is 89.6 Å². The molecule has 0 fully saturated rings. The van der Waals surface area contributed by atoms with E-state index >= 15 is 0 Å². The van der Waals surface area contributed by atoms with Crippen molar-refractivity contribution in [3.05, 3.63) is 81.1 Å². The molecule has 0 amide bonds. The first-order valence-electron chi connectivity index (χ1n) is 8.24. The highest BCUT2D eigenvalue weighted by Gasteiger charge is 2.16. The molecule has 6 nitrogen and oxygen atoms in total. The molecule has 4 rings (SSSR count). The van der Waals surface area contributed by atoms with Gasteiger partial charge in [-0.1, -0.05) is 41.4 Å². The molecule has 2 heterocycles. The zero-order valence-corrected chi connectivity index (χ0v) is 15.6. The Bertz CT molecular complexity index is 1180. The fraction of sp³-hybridized carbons (Fsp3) is 0.105. The normalized spacial score (nSPS) is 12.4. The molecule has 1 atom stereocenters. The Balaban J connectivity index is 1.82. The maximum absolute atomic E-state index is 13.0. The molecule has 2 aromatic carbocycles. The third-order valence-corrected chi connectivity index (χ3v) is 5.00. The summed E-state index contributed by atoms with van der Waals surface area (Å²) in [5.74, 6) is 0. The molecule has 136 valence electrons. The highest BCUT2D eigenvalue weighted by molar-refractivity contribution is 6.32. The van der Waals surface area contributed by atoms with Gasteiger partial charge in [-0.05, 0) is 35.4 Å². The van der Waals surface area contributed by atoms with Crippen molar-refractivity contribution in [2.45, 2.75) is 6.04 Å². The summed E-state index contributed by atoms with van der Waals surface area (Å²) in [5.41, 5.74) is 8.80. The summed E-state index contributed by atoms with van der Waals surface area (Å²) in [6.45, 7) is 0.246. The number of benzene rings is 2. The summed E-state index contributed by atoms with van der Waals surface area (Å²) in [4.78, 5) is 17.5. The minimum absolute atomic E-state index is 0.166. The van der Waals surface area contributed by atoms with E-state index in [1.54, 1.807) is 29.0 Å². The third kappa shape index (κ3) is 3.23. The van der Waals surface area contributed by atoms with E-state index in [4.69, 9.17) is 28.9 Å². The number of nitrogens with zero attached hydrogens (tertiary/aromatic N) is 3. The molecular weight excluding hydrogens is 385 g/mol. The van der Waals surface area contributed by atoms with E-state index in [1.807, 2.05) is 24.3 Å². The van der Waals surface area contributed by atoms with Crippen LogP contribution in [0, 0.1) is 0 Å². The second kappa shape index (κ2) is 7.15. The van der Waals surface area contributed by atoms with Crippen LogP contribution in [0.5, 0.6) is 0 Å². The van der Waals surface area contributed by atoms with Crippen molar-refractivity contribution in [2.75, 3.05) is 6.54 Å². The van der Waals surface area contributed by atoms with Gasteiger partial charge in [0.25, 0.3) is 5.56 Å². The van der Waals surface area contributed by atoms with E-state index in [1.165, 1.54) is 6.33 Å². The zero-order chi connectivity index (χ0) is 19.0. The van der Waals surface area contributed by atoms with Crippen molar-refractivity contribution in [1.82, 2.24) is 19.7 Å². The number of nitrogens with two attached hydrogens (primary N) is 1. The number of rotatable bonds is 4. The molecule has 0 bridgehead atoms. The summed E-state index contributed by atoms with van der Waals surface area (Å²) < 4.78 is 1.54. The predicted octanol–water partition coefficient (Wildman–Crippen LogP) is 3.64. The van der Waals surface area contributed by atoms with Gasteiger partial charge in [0.05, 0.1) is 29.5 Å². The summed E-state index contributed by atoms with van der Waals surface area (Å²) >= 11 is 12.2. The van der Waals surface area contributed by atoms with Crippen molar-refractivity contribution >= 4 is 34.1 Å². The average molecular weight is 400 g/mol. The van der Waals surface area contributed by atoms with E-state index < -0.39 is 0 Å². The van der Waals surface area contributed by atoms with Crippen LogP contribution < -0.4 is 11.3 Å². The molecule has 1 unspecified atom stereocenters. The van der Waals surface area contributed by atoms with Gasteiger partial charge >= 0.3 is 0 Å². The second-order valence-corrected chi connectivity index (χ2v) is 6.91. The molecule has 2 aromatic heterocycles. The number of hydrogen-bond acceptors (Lipinski definition) is 4. The fourth-order valence-electron chi connectivity index (χ4n) is 3.12. The number of aromatic amines is 1. The molecule has 8 heteroatoms. The molecule has 0 aliphatic rings. The van der Waals surface area contributed by atoms with E-state index in [0.717, 1.165) is 16.7 Å². The van der Waals surface area contributed by atoms with Crippen molar-refractivity contribution < 1.29 is 0 Å². The summed E-state index contributed by atoms with van der Waals surface area (Å²) in [6, 6.07) is 12.3. The molecule has 0 saturated carbocycles. The van der Waals surface area contributed by atoms with E-state index in [-0.39, 0.29) is 18.1 Å². The Labute approximate surface area is 164 Å². The molecule has 0 radical (unpaired) electrons. The average Bonchev–Trinajstić information content (AvgIpc) is 3.10. The zero-order valence-electron chi connectivity index (χ0n) is 14.1. The Morgan fingerprint density at radius 3 is 2.74 bits per heavy atom. The smallest absolute Gasteiger partial charge is 0.261 e. The highest BCUT2D eigenvalue weighted by Crippen LogP contribution is 2.27. The number of halogens is 2. The summed E-state index contributed by atoms with van der Waals surface area (Å²) in [7, 11) is 0. The standard InChI is InChI=1S/C19H15Cl2N5O/c20-13-3-1-2-12(6-13)17(8-22)26-10-23-16-7-11(4-5-14(16)19(26)27)15-9-24-25-18(15)21/h1-7,9-10,17H,8,22H2,(H,24,25). The van der Waals surface area contributed by atoms with Gasteiger partial charge in [-0.25, -0.2) is 4.98 Å². The van der Waals surface area contributed by atoms with Gasteiger partial charge in [-0.2, -0.15) is 5.10 Å². The lowest BCUT2D eigenvalue weighted by Gasteiger charge is -2.19. The lowest BCUT2D eigenvalue weighted by Crippen LogP contribution is -2.30. The van der Waals surface area contributed by atoms with Crippen molar-refractivity contribution in [1.29, 1.82) is 0 Å². The largest absolute Gasteiger partial charge is 0.328 e. The predicted molar refractivity (Wildman–Crippen MR) is 107 cm³/mol. The molecule has 0 spiro atoms. The fourth-order valence-corrected chi connectivity index (χ4v) is 3.53. The van der Waals surface area contributed by atoms with Crippen LogP contribution in [0.15, 0.2) is 59.8 Å². The minimum atomic E-state index is -0.351. The number of H-pyrrole nitrogens is 1. The van der Waals surface area contributed by atoms with Crippen molar-refractivity contribution in [2.24, 2.45) is 5.73 Å². The number of nitrogens with one attached hydrogen (secondary N) is 1. The van der Waals surface area contributed by atoms with Gasteiger partial charge < -0.3 is 5.73 Å². The van der Waals surface area contributed by atoms with Crippen LogP contribution in [0.1, 0.15) is 11.6 Å². The second-order valence-electron chi connectivity index (χ2n) is 6.09. The number of fused-ring (bicyclic) bond motifs is 1. The van der Waals surface area contributed by atoms with Crippen LogP contribution >= 0.6 is 23.2 Å². The number of hydrogen-bond donors (Lipinski definition) is 2. The van der Waals surface area contributed by atoms with Gasteiger partial charge in [0.15, 0.2) is 0 Å². The van der Waals surface area contributed by atoms with Crippen molar-refractivity contribution in [3.63, 3.8) is 0 Å². The quantitative estimate of drug-likeness (QED) is 0.547. The summed E-state index contributed by atoms with van der Waals surface area (Å²) in [6.07, 6.45) is 3.15. The van der Waals surface area contributed by atoms with Gasteiger partial charge in [0.1, 0.15) is 5.15 Å². The monoisotopic (exact) mass is 399 g/mol. The van der Waals surface area contributed by atoms with Crippen LogP contribution in [0.4, 0.5) is 0 Å².